The Kier molecular flexibility index (Phi) is 3.09. The van der Waals surface area contributed by atoms with Crippen LogP contribution < -0.4 is 0 Å². The van der Waals surface area contributed by atoms with Crippen LogP contribution in [0, 0.1) is 0 Å². The van der Waals surface area contributed by atoms with Crippen molar-refractivity contribution in [3.63, 3.8) is 0 Å². The lowest BCUT2D eigenvalue weighted by atomic mass is 10.4. The van der Waals surface area contributed by atoms with Gasteiger partial charge in [-0.15, -0.1) is 0 Å². The third-order valence-electron chi connectivity index (χ3n) is 1.91. The molecule has 0 atom stereocenters. The lowest BCUT2D eigenvalue weighted by molar-refractivity contribution is 0.425. The zero-order chi connectivity index (χ0) is 8.97. The third kappa shape index (κ3) is 2.53. The first-order valence-corrected chi connectivity index (χ1v) is 4.33. The van der Waals surface area contributed by atoms with Gasteiger partial charge in [-0.2, -0.15) is 0 Å². The van der Waals surface area contributed by atoms with Gasteiger partial charge in [-0.25, -0.2) is 4.99 Å². The SMILES string of the molecule is C=C(C)/C=N\C(=C)N1CCCC1. The molecule has 2 heteroatoms. The van der Waals surface area contributed by atoms with Gasteiger partial charge in [0.2, 0.25) is 0 Å². The van der Waals surface area contributed by atoms with Gasteiger partial charge in [0.25, 0.3) is 0 Å². The molecule has 0 N–H and O–H groups in total. The maximum atomic E-state index is 4.21. The van der Waals surface area contributed by atoms with Crippen LogP contribution in [0.15, 0.2) is 29.5 Å². The minimum Gasteiger partial charge on any atom is -0.357 e. The lowest BCUT2D eigenvalue weighted by Crippen LogP contribution is -2.16. The van der Waals surface area contributed by atoms with E-state index in [4.69, 9.17) is 0 Å². The Morgan fingerprint density at radius 2 is 1.92 bits per heavy atom. The van der Waals surface area contributed by atoms with Crippen molar-refractivity contribution in [2.75, 3.05) is 13.1 Å². The second kappa shape index (κ2) is 4.10. The molecule has 1 rings (SSSR count). The van der Waals surface area contributed by atoms with E-state index >= 15 is 0 Å². The Morgan fingerprint density at radius 3 is 2.42 bits per heavy atom. The average molecular weight is 164 g/mol. The zero-order valence-corrected chi connectivity index (χ0v) is 7.71. The predicted octanol–water partition coefficient (Wildman–Crippen LogP) is 2.20. The Labute approximate surface area is 74.3 Å². The smallest absolute Gasteiger partial charge is 0.121 e. The maximum Gasteiger partial charge on any atom is 0.121 e. The summed E-state index contributed by atoms with van der Waals surface area (Å²) in [5.74, 6) is 0.871. The molecule has 0 saturated carbocycles. The average Bonchev–Trinajstić information content (AvgIpc) is 2.51. The number of hydrogen-bond acceptors (Lipinski definition) is 2. The first kappa shape index (κ1) is 9.04. The summed E-state index contributed by atoms with van der Waals surface area (Å²) in [5.41, 5.74) is 0.968. The summed E-state index contributed by atoms with van der Waals surface area (Å²) in [7, 11) is 0. The topological polar surface area (TPSA) is 15.6 Å². The molecule has 1 heterocycles. The summed E-state index contributed by atoms with van der Waals surface area (Å²) in [5, 5.41) is 0. The van der Waals surface area contributed by atoms with Crippen molar-refractivity contribution in [1.82, 2.24) is 4.90 Å². The zero-order valence-electron chi connectivity index (χ0n) is 7.71. The Morgan fingerprint density at radius 1 is 1.33 bits per heavy atom. The fourth-order valence-corrected chi connectivity index (χ4v) is 1.24. The molecular weight excluding hydrogens is 148 g/mol. The van der Waals surface area contributed by atoms with E-state index in [2.05, 4.69) is 23.1 Å². The van der Waals surface area contributed by atoms with Gasteiger partial charge in [-0.3, -0.25) is 0 Å². The van der Waals surface area contributed by atoms with Crippen LogP contribution in [0.3, 0.4) is 0 Å². The van der Waals surface area contributed by atoms with Gasteiger partial charge < -0.3 is 4.90 Å². The molecule has 1 aliphatic rings. The Hall–Kier alpha value is -1.05. The molecule has 0 spiro atoms. The summed E-state index contributed by atoms with van der Waals surface area (Å²) in [6, 6.07) is 0. The van der Waals surface area contributed by atoms with Gasteiger partial charge in [0.1, 0.15) is 5.82 Å². The lowest BCUT2D eigenvalue weighted by Gasteiger charge is -2.15. The standard InChI is InChI=1S/C10H16N2/c1-9(2)8-11-10(3)12-6-4-5-7-12/h8H,1,3-7H2,2H3/b11-8-. The summed E-state index contributed by atoms with van der Waals surface area (Å²) in [6.07, 6.45) is 4.30. The maximum absolute atomic E-state index is 4.21. The van der Waals surface area contributed by atoms with Crippen molar-refractivity contribution in [2.45, 2.75) is 19.8 Å². The first-order valence-electron chi connectivity index (χ1n) is 4.33. The van der Waals surface area contributed by atoms with Crippen LogP contribution in [-0.4, -0.2) is 24.2 Å². The van der Waals surface area contributed by atoms with E-state index in [9.17, 15) is 0 Å². The number of nitrogens with zero attached hydrogens (tertiary/aromatic N) is 2. The van der Waals surface area contributed by atoms with Crippen molar-refractivity contribution < 1.29 is 0 Å². The van der Waals surface area contributed by atoms with Crippen LogP contribution in [0.1, 0.15) is 19.8 Å². The number of rotatable bonds is 3. The second-order valence-corrected chi connectivity index (χ2v) is 3.21. The highest BCUT2D eigenvalue weighted by Crippen LogP contribution is 2.13. The summed E-state index contributed by atoms with van der Waals surface area (Å²) < 4.78 is 0. The van der Waals surface area contributed by atoms with Crippen LogP contribution in [0.4, 0.5) is 0 Å². The third-order valence-corrected chi connectivity index (χ3v) is 1.91. The van der Waals surface area contributed by atoms with Gasteiger partial charge in [0.05, 0.1) is 0 Å². The molecule has 0 radical (unpaired) electrons. The predicted molar refractivity (Wildman–Crippen MR) is 53.3 cm³/mol. The summed E-state index contributed by atoms with van der Waals surface area (Å²) in [6.45, 7) is 11.8. The monoisotopic (exact) mass is 164 g/mol. The van der Waals surface area contributed by atoms with E-state index < -0.39 is 0 Å². The molecule has 1 fully saturated rings. The Bertz CT molecular complexity index is 210. The van der Waals surface area contributed by atoms with Gasteiger partial charge in [0, 0.05) is 19.3 Å². The van der Waals surface area contributed by atoms with E-state index in [0.29, 0.717) is 0 Å². The van der Waals surface area contributed by atoms with Crippen molar-refractivity contribution in [3.05, 3.63) is 24.6 Å². The largest absolute Gasteiger partial charge is 0.357 e. The molecular formula is C10H16N2. The van der Waals surface area contributed by atoms with Gasteiger partial charge in [0.15, 0.2) is 0 Å². The van der Waals surface area contributed by atoms with E-state index in [-0.39, 0.29) is 0 Å². The van der Waals surface area contributed by atoms with Gasteiger partial charge in [-0.05, 0) is 25.3 Å². The molecule has 0 bridgehead atoms. The van der Waals surface area contributed by atoms with Crippen molar-refractivity contribution >= 4 is 6.21 Å². The van der Waals surface area contributed by atoms with Crippen LogP contribution >= 0.6 is 0 Å². The molecule has 0 aromatic carbocycles. The van der Waals surface area contributed by atoms with Crippen LogP contribution in [0.2, 0.25) is 0 Å². The molecule has 0 aromatic rings. The highest BCUT2D eigenvalue weighted by atomic mass is 15.2. The molecule has 0 aliphatic carbocycles. The number of allylic oxidation sites excluding steroid dienone is 1. The van der Waals surface area contributed by atoms with E-state index in [1.165, 1.54) is 12.8 Å². The quantitative estimate of drug-likeness (QED) is 0.584. The Balaban J connectivity index is 2.42. The highest BCUT2D eigenvalue weighted by molar-refractivity contribution is 5.77. The summed E-state index contributed by atoms with van der Waals surface area (Å²) >= 11 is 0. The minimum absolute atomic E-state index is 0.871. The van der Waals surface area contributed by atoms with Crippen molar-refractivity contribution in [2.24, 2.45) is 4.99 Å². The number of likely N-dealkylation sites (tertiary alicyclic amines) is 1. The molecule has 1 saturated heterocycles. The molecule has 2 nitrogen and oxygen atoms in total. The molecule has 0 aromatic heterocycles. The molecule has 1 aliphatic heterocycles. The molecule has 66 valence electrons. The molecule has 0 amide bonds. The molecule has 0 unspecified atom stereocenters. The van der Waals surface area contributed by atoms with E-state index in [0.717, 1.165) is 24.5 Å². The normalized spacial score (nSPS) is 17.2. The van der Waals surface area contributed by atoms with E-state index in [1.54, 1.807) is 6.21 Å². The van der Waals surface area contributed by atoms with Crippen molar-refractivity contribution in [3.8, 4) is 0 Å². The van der Waals surface area contributed by atoms with Gasteiger partial charge >= 0.3 is 0 Å². The van der Waals surface area contributed by atoms with Crippen LogP contribution in [-0.2, 0) is 0 Å². The van der Waals surface area contributed by atoms with E-state index in [1.807, 2.05) is 6.92 Å². The minimum atomic E-state index is 0.871. The van der Waals surface area contributed by atoms with Crippen LogP contribution in [0.5, 0.6) is 0 Å². The number of hydrogen-bond donors (Lipinski definition) is 0. The number of aliphatic imine (C=N–C) groups is 1. The highest BCUT2D eigenvalue weighted by Gasteiger charge is 2.11. The first-order chi connectivity index (χ1) is 5.70. The second-order valence-electron chi connectivity index (χ2n) is 3.21. The van der Waals surface area contributed by atoms with Crippen LogP contribution in [0.25, 0.3) is 0 Å². The van der Waals surface area contributed by atoms with Crippen molar-refractivity contribution in [1.29, 1.82) is 0 Å². The summed E-state index contributed by atoms with van der Waals surface area (Å²) in [4.78, 5) is 6.42. The fraction of sp³-hybridized carbons (Fsp3) is 0.500. The van der Waals surface area contributed by atoms with Gasteiger partial charge in [-0.1, -0.05) is 13.2 Å². The fourth-order valence-electron chi connectivity index (χ4n) is 1.24. The molecule has 12 heavy (non-hydrogen) atoms.